The molecule has 2 heterocycles. The molecule has 2 aromatic heterocycles. The van der Waals surface area contributed by atoms with E-state index in [1.807, 2.05) is 48.5 Å². The molecular weight excluding hydrogens is 410 g/mol. The summed E-state index contributed by atoms with van der Waals surface area (Å²) >= 11 is 0. The van der Waals surface area contributed by atoms with Gasteiger partial charge in [0.25, 0.3) is 0 Å². The third-order valence-electron chi connectivity index (χ3n) is 5.63. The van der Waals surface area contributed by atoms with E-state index in [1.165, 1.54) is 0 Å². The molecule has 0 bridgehead atoms. The molecule has 0 aliphatic heterocycles. The zero-order valence-corrected chi connectivity index (χ0v) is 17.5. The average molecular weight is 429 g/mol. The second kappa shape index (κ2) is 7.76. The highest BCUT2D eigenvalue weighted by atomic mass is 16.3. The second-order valence-corrected chi connectivity index (χ2v) is 7.84. The van der Waals surface area contributed by atoms with Crippen molar-refractivity contribution in [3.8, 4) is 28.3 Å². The van der Waals surface area contributed by atoms with Crippen molar-refractivity contribution in [1.29, 1.82) is 0 Å². The second-order valence-electron chi connectivity index (χ2n) is 7.84. The van der Waals surface area contributed by atoms with Crippen LogP contribution in [0.1, 0.15) is 0 Å². The van der Waals surface area contributed by atoms with Gasteiger partial charge in [0.05, 0.1) is 17.2 Å². The number of aromatic hydroxyl groups is 1. The van der Waals surface area contributed by atoms with E-state index in [-0.39, 0.29) is 5.75 Å². The number of fused-ring (bicyclic) bond motifs is 2. The molecule has 0 aliphatic rings. The predicted molar refractivity (Wildman–Crippen MR) is 131 cm³/mol. The lowest BCUT2D eigenvalue weighted by Crippen LogP contribution is -1.99. The molecule has 3 N–H and O–H groups in total. The molecule has 33 heavy (non-hydrogen) atoms. The van der Waals surface area contributed by atoms with Crippen molar-refractivity contribution < 1.29 is 5.11 Å². The van der Waals surface area contributed by atoms with E-state index in [0.717, 1.165) is 44.2 Å². The standard InChI is InChI=1S/C27H19N5O/c33-22-11-13-25-23(15-22)27(29-21-10-12-24-20(14-21)16-28-32-24)31-26(30-25)19-8-6-18(7-9-19)17-4-2-1-3-5-17/h1-16,33H,(H,28,32)(H,29,30,31). The van der Waals surface area contributed by atoms with Gasteiger partial charge in [0.15, 0.2) is 5.82 Å². The number of hydrogen-bond donors (Lipinski definition) is 3. The van der Waals surface area contributed by atoms with Crippen LogP contribution in [0.4, 0.5) is 11.5 Å². The number of aromatic nitrogens is 4. The molecule has 6 aromatic rings. The lowest BCUT2D eigenvalue weighted by molar-refractivity contribution is 0.476. The largest absolute Gasteiger partial charge is 0.508 e. The maximum Gasteiger partial charge on any atom is 0.162 e. The third kappa shape index (κ3) is 3.64. The monoisotopic (exact) mass is 429 g/mol. The molecular formula is C27H19N5O. The van der Waals surface area contributed by atoms with E-state index in [1.54, 1.807) is 24.4 Å². The number of nitrogens with one attached hydrogen (secondary N) is 2. The number of anilines is 2. The van der Waals surface area contributed by atoms with Crippen LogP contribution in [0.3, 0.4) is 0 Å². The summed E-state index contributed by atoms with van der Waals surface area (Å²) in [4.78, 5) is 9.58. The predicted octanol–water partition coefficient (Wildman–Crippen LogP) is 6.29. The molecule has 6 nitrogen and oxygen atoms in total. The zero-order valence-electron chi connectivity index (χ0n) is 17.5. The first kappa shape index (κ1) is 19.0. The minimum Gasteiger partial charge on any atom is -0.508 e. The van der Waals surface area contributed by atoms with Crippen molar-refractivity contribution in [1.82, 2.24) is 20.2 Å². The summed E-state index contributed by atoms with van der Waals surface area (Å²) in [5, 5.41) is 22.2. The Bertz CT molecular complexity index is 1590. The fraction of sp³-hybridized carbons (Fsp3) is 0. The fourth-order valence-corrected chi connectivity index (χ4v) is 3.94. The van der Waals surface area contributed by atoms with Crippen molar-refractivity contribution in [2.75, 3.05) is 5.32 Å². The lowest BCUT2D eigenvalue weighted by atomic mass is 10.0. The van der Waals surface area contributed by atoms with E-state index < -0.39 is 0 Å². The number of aromatic amines is 1. The Morgan fingerprint density at radius 1 is 0.727 bits per heavy atom. The summed E-state index contributed by atoms with van der Waals surface area (Å²) in [5.74, 6) is 1.40. The van der Waals surface area contributed by atoms with Crippen LogP contribution in [0.2, 0.25) is 0 Å². The van der Waals surface area contributed by atoms with E-state index in [0.29, 0.717) is 11.6 Å². The van der Waals surface area contributed by atoms with Gasteiger partial charge < -0.3 is 10.4 Å². The fourth-order valence-electron chi connectivity index (χ4n) is 3.94. The van der Waals surface area contributed by atoms with Crippen molar-refractivity contribution in [3.63, 3.8) is 0 Å². The Balaban J connectivity index is 1.43. The molecule has 0 saturated carbocycles. The van der Waals surface area contributed by atoms with Crippen molar-refractivity contribution >= 4 is 33.3 Å². The Kier molecular flexibility index (Phi) is 4.47. The summed E-state index contributed by atoms with van der Waals surface area (Å²) in [6, 6.07) is 29.5. The van der Waals surface area contributed by atoms with Gasteiger partial charge in [0.1, 0.15) is 11.6 Å². The zero-order chi connectivity index (χ0) is 22.2. The van der Waals surface area contributed by atoms with Gasteiger partial charge in [-0.25, -0.2) is 9.97 Å². The number of hydrogen-bond acceptors (Lipinski definition) is 5. The summed E-state index contributed by atoms with van der Waals surface area (Å²) in [6.45, 7) is 0. The number of phenols is 1. The first-order valence-electron chi connectivity index (χ1n) is 10.6. The number of H-pyrrole nitrogens is 1. The van der Waals surface area contributed by atoms with Gasteiger partial charge in [0.2, 0.25) is 0 Å². The Morgan fingerprint density at radius 3 is 2.36 bits per heavy atom. The highest BCUT2D eigenvalue weighted by Gasteiger charge is 2.12. The van der Waals surface area contributed by atoms with Crippen molar-refractivity contribution in [2.24, 2.45) is 0 Å². The average Bonchev–Trinajstić information content (AvgIpc) is 3.33. The SMILES string of the molecule is Oc1ccc2nc(-c3ccc(-c4ccccc4)cc3)nc(Nc3ccc4[nH]ncc4c3)c2c1. The third-order valence-corrected chi connectivity index (χ3v) is 5.63. The topological polar surface area (TPSA) is 86.7 Å². The van der Waals surface area contributed by atoms with Crippen molar-refractivity contribution in [3.05, 3.63) is 97.2 Å². The summed E-state index contributed by atoms with van der Waals surface area (Å²) in [7, 11) is 0. The van der Waals surface area contributed by atoms with Gasteiger partial charge in [-0.3, -0.25) is 5.10 Å². The number of rotatable bonds is 4. The van der Waals surface area contributed by atoms with Crippen LogP contribution in [0.5, 0.6) is 5.75 Å². The van der Waals surface area contributed by atoms with Crippen LogP contribution in [-0.2, 0) is 0 Å². The first-order valence-corrected chi connectivity index (χ1v) is 10.6. The molecule has 6 heteroatoms. The van der Waals surface area contributed by atoms with Crippen LogP contribution < -0.4 is 5.32 Å². The van der Waals surface area contributed by atoms with Gasteiger partial charge in [-0.15, -0.1) is 0 Å². The van der Waals surface area contributed by atoms with Gasteiger partial charge in [0, 0.05) is 22.0 Å². The summed E-state index contributed by atoms with van der Waals surface area (Å²) < 4.78 is 0. The normalized spacial score (nSPS) is 11.2. The van der Waals surface area contributed by atoms with Crippen LogP contribution >= 0.6 is 0 Å². The number of benzene rings is 4. The van der Waals surface area contributed by atoms with Gasteiger partial charge in [-0.1, -0.05) is 54.6 Å². The number of phenolic OH excluding ortho intramolecular Hbond substituents is 1. The highest BCUT2D eigenvalue weighted by Crippen LogP contribution is 2.31. The lowest BCUT2D eigenvalue weighted by Gasteiger charge is -2.12. The quantitative estimate of drug-likeness (QED) is 0.307. The highest BCUT2D eigenvalue weighted by molar-refractivity contribution is 5.94. The van der Waals surface area contributed by atoms with Gasteiger partial charge >= 0.3 is 0 Å². The van der Waals surface area contributed by atoms with Gasteiger partial charge in [-0.05, 0) is 47.5 Å². The minimum atomic E-state index is 0.166. The van der Waals surface area contributed by atoms with E-state index in [4.69, 9.17) is 9.97 Å². The van der Waals surface area contributed by atoms with E-state index in [9.17, 15) is 5.11 Å². The smallest absolute Gasteiger partial charge is 0.162 e. The molecule has 4 aromatic carbocycles. The molecule has 6 rings (SSSR count). The summed E-state index contributed by atoms with van der Waals surface area (Å²) in [5.41, 5.74) is 5.80. The van der Waals surface area contributed by atoms with Crippen LogP contribution in [0.15, 0.2) is 97.2 Å². The minimum absolute atomic E-state index is 0.166. The molecule has 158 valence electrons. The van der Waals surface area contributed by atoms with Crippen LogP contribution in [0, 0.1) is 0 Å². The molecule has 0 fully saturated rings. The Hall–Kier alpha value is -4.71. The molecule has 0 radical (unpaired) electrons. The molecule has 0 aliphatic carbocycles. The molecule has 0 spiro atoms. The summed E-state index contributed by atoms with van der Waals surface area (Å²) in [6.07, 6.45) is 1.78. The molecule has 0 unspecified atom stereocenters. The van der Waals surface area contributed by atoms with Crippen LogP contribution in [-0.4, -0.2) is 25.3 Å². The molecule has 0 saturated heterocycles. The van der Waals surface area contributed by atoms with Crippen molar-refractivity contribution in [2.45, 2.75) is 0 Å². The first-order chi connectivity index (χ1) is 16.2. The Labute approximate surface area is 189 Å². The molecule has 0 amide bonds. The number of nitrogens with zero attached hydrogens (tertiary/aromatic N) is 3. The van der Waals surface area contributed by atoms with E-state index in [2.05, 4.69) is 39.8 Å². The molecule has 0 atom stereocenters. The maximum absolute atomic E-state index is 10.1. The van der Waals surface area contributed by atoms with Crippen LogP contribution in [0.25, 0.3) is 44.3 Å². The van der Waals surface area contributed by atoms with Gasteiger partial charge in [-0.2, -0.15) is 5.10 Å². The maximum atomic E-state index is 10.1. The Morgan fingerprint density at radius 2 is 1.52 bits per heavy atom. The van der Waals surface area contributed by atoms with E-state index >= 15 is 0 Å².